The molecule has 0 saturated carbocycles. The average molecular weight is 332 g/mol. The average Bonchev–Trinajstić information content (AvgIpc) is 2.74. The highest BCUT2D eigenvalue weighted by Crippen LogP contribution is 2.28. The van der Waals surface area contributed by atoms with Crippen LogP contribution in [0.1, 0.15) is 12.0 Å². The highest BCUT2D eigenvalue weighted by atomic mass is 32.2. The van der Waals surface area contributed by atoms with E-state index in [0.717, 1.165) is 5.56 Å². The number of nitrogens with one attached hydrogen (secondary N) is 2. The van der Waals surface area contributed by atoms with Gasteiger partial charge in [0.05, 0.1) is 23.6 Å². The zero-order chi connectivity index (χ0) is 16.3. The van der Waals surface area contributed by atoms with Crippen molar-refractivity contribution in [1.29, 1.82) is 0 Å². The highest BCUT2D eigenvalue weighted by Gasteiger charge is 2.16. The third-order valence-corrected chi connectivity index (χ3v) is 4.84. The first-order chi connectivity index (χ1) is 11.0. The summed E-state index contributed by atoms with van der Waals surface area (Å²) in [6.45, 7) is 0.458. The van der Waals surface area contributed by atoms with E-state index in [0.29, 0.717) is 24.5 Å². The molecule has 1 heterocycles. The monoisotopic (exact) mass is 332 g/mol. The fourth-order valence-corrected chi connectivity index (χ4v) is 3.28. The van der Waals surface area contributed by atoms with Crippen molar-refractivity contribution in [3.63, 3.8) is 0 Å². The molecule has 0 unspecified atom stereocenters. The Morgan fingerprint density at radius 1 is 1.13 bits per heavy atom. The number of rotatable bonds is 4. The van der Waals surface area contributed by atoms with Gasteiger partial charge in [0, 0.05) is 6.54 Å². The summed E-state index contributed by atoms with van der Waals surface area (Å²) in [5.41, 5.74) is 1.29. The Hall–Kier alpha value is -2.38. The lowest BCUT2D eigenvalue weighted by Gasteiger charge is -2.10. The van der Waals surface area contributed by atoms with E-state index in [2.05, 4.69) is 10.0 Å². The van der Waals surface area contributed by atoms with Gasteiger partial charge in [-0.05, 0) is 29.8 Å². The summed E-state index contributed by atoms with van der Waals surface area (Å²) >= 11 is 0. The largest absolute Gasteiger partial charge is 0.491 e. The van der Waals surface area contributed by atoms with Gasteiger partial charge in [-0.25, -0.2) is 13.1 Å². The van der Waals surface area contributed by atoms with Crippen LogP contribution in [0.4, 0.5) is 5.69 Å². The van der Waals surface area contributed by atoms with E-state index in [9.17, 15) is 13.2 Å². The molecule has 0 radical (unpaired) electrons. The van der Waals surface area contributed by atoms with Gasteiger partial charge < -0.3 is 10.1 Å². The van der Waals surface area contributed by atoms with Crippen LogP contribution in [0.2, 0.25) is 0 Å². The fraction of sp³-hybridized carbons (Fsp3) is 0.188. The molecule has 2 aromatic carbocycles. The lowest BCUT2D eigenvalue weighted by molar-refractivity contribution is -0.116. The van der Waals surface area contributed by atoms with E-state index in [1.165, 1.54) is 12.1 Å². The molecule has 2 aromatic rings. The first-order valence-electron chi connectivity index (χ1n) is 7.15. The zero-order valence-corrected chi connectivity index (χ0v) is 13.1. The van der Waals surface area contributed by atoms with Crippen LogP contribution in [0.3, 0.4) is 0 Å². The molecule has 3 rings (SSSR count). The van der Waals surface area contributed by atoms with Crippen molar-refractivity contribution in [1.82, 2.24) is 4.72 Å². The first-order valence-corrected chi connectivity index (χ1v) is 8.63. The van der Waals surface area contributed by atoms with Gasteiger partial charge in [0.1, 0.15) is 5.75 Å². The molecule has 7 heteroatoms. The summed E-state index contributed by atoms with van der Waals surface area (Å²) in [5, 5.41) is 2.75. The van der Waals surface area contributed by atoms with Gasteiger partial charge in [-0.2, -0.15) is 0 Å². The molecule has 120 valence electrons. The molecule has 1 aliphatic heterocycles. The van der Waals surface area contributed by atoms with Gasteiger partial charge in [-0.3, -0.25) is 4.79 Å². The number of fused-ring (bicyclic) bond motifs is 1. The third kappa shape index (κ3) is 3.69. The summed E-state index contributed by atoms with van der Waals surface area (Å²) in [5.74, 6) is 0.469. The van der Waals surface area contributed by atoms with Crippen molar-refractivity contribution in [2.24, 2.45) is 0 Å². The molecule has 1 aliphatic rings. The number of hydrogen-bond donors (Lipinski definition) is 2. The Labute approximate surface area is 134 Å². The lowest BCUT2D eigenvalue weighted by Crippen LogP contribution is -2.23. The second-order valence-electron chi connectivity index (χ2n) is 5.11. The van der Waals surface area contributed by atoms with E-state index in [-0.39, 0.29) is 17.3 Å². The van der Waals surface area contributed by atoms with Crippen LogP contribution in [0.5, 0.6) is 5.75 Å². The van der Waals surface area contributed by atoms with Gasteiger partial charge in [0.15, 0.2) is 0 Å². The van der Waals surface area contributed by atoms with E-state index >= 15 is 0 Å². The highest BCUT2D eigenvalue weighted by molar-refractivity contribution is 7.89. The van der Waals surface area contributed by atoms with E-state index in [1.54, 1.807) is 36.4 Å². The van der Waals surface area contributed by atoms with E-state index in [4.69, 9.17) is 4.74 Å². The van der Waals surface area contributed by atoms with Crippen LogP contribution in [0, 0.1) is 0 Å². The second kappa shape index (κ2) is 6.39. The SMILES string of the molecule is O=C1CCOc2ccc(CNS(=O)(=O)c3ccccc3)cc2N1. The van der Waals surface area contributed by atoms with Crippen molar-refractivity contribution < 1.29 is 17.9 Å². The van der Waals surface area contributed by atoms with Crippen molar-refractivity contribution in [3.8, 4) is 5.75 Å². The molecule has 0 bridgehead atoms. The maximum atomic E-state index is 12.2. The summed E-state index contributed by atoms with van der Waals surface area (Å²) in [7, 11) is -3.57. The van der Waals surface area contributed by atoms with Crippen LogP contribution < -0.4 is 14.8 Å². The summed E-state index contributed by atoms with van der Waals surface area (Å²) < 4.78 is 32.4. The van der Waals surface area contributed by atoms with Crippen molar-refractivity contribution in [2.75, 3.05) is 11.9 Å². The number of carbonyl (C=O) groups excluding carboxylic acids is 1. The second-order valence-corrected chi connectivity index (χ2v) is 6.88. The maximum absolute atomic E-state index is 12.2. The molecular weight excluding hydrogens is 316 g/mol. The minimum atomic E-state index is -3.57. The van der Waals surface area contributed by atoms with Gasteiger partial charge in [-0.15, -0.1) is 0 Å². The molecule has 0 saturated heterocycles. The maximum Gasteiger partial charge on any atom is 0.240 e. The summed E-state index contributed by atoms with van der Waals surface area (Å²) in [6.07, 6.45) is 0.296. The fourth-order valence-electron chi connectivity index (χ4n) is 2.24. The lowest BCUT2D eigenvalue weighted by atomic mass is 10.2. The minimum absolute atomic E-state index is 0.120. The number of hydrogen-bond acceptors (Lipinski definition) is 4. The summed E-state index contributed by atoms with van der Waals surface area (Å²) in [4.78, 5) is 11.8. The predicted molar refractivity (Wildman–Crippen MR) is 85.7 cm³/mol. The van der Waals surface area contributed by atoms with Gasteiger partial charge in [0.2, 0.25) is 15.9 Å². The number of anilines is 1. The van der Waals surface area contributed by atoms with Gasteiger partial charge >= 0.3 is 0 Å². The smallest absolute Gasteiger partial charge is 0.240 e. The van der Waals surface area contributed by atoms with Crippen LogP contribution in [0.25, 0.3) is 0 Å². The van der Waals surface area contributed by atoms with Crippen molar-refractivity contribution in [2.45, 2.75) is 17.9 Å². The number of benzene rings is 2. The quantitative estimate of drug-likeness (QED) is 0.895. The molecule has 0 aromatic heterocycles. The first kappa shape index (κ1) is 15.5. The Morgan fingerprint density at radius 2 is 1.91 bits per heavy atom. The molecule has 1 amide bonds. The zero-order valence-electron chi connectivity index (χ0n) is 12.3. The molecular formula is C16H16N2O4S. The molecule has 23 heavy (non-hydrogen) atoms. The normalized spacial score (nSPS) is 14.3. The number of carbonyl (C=O) groups is 1. The van der Waals surface area contributed by atoms with Crippen LogP contribution in [-0.4, -0.2) is 20.9 Å². The summed E-state index contributed by atoms with van der Waals surface area (Å²) in [6, 6.07) is 13.4. The van der Waals surface area contributed by atoms with Crippen LogP contribution in [0.15, 0.2) is 53.4 Å². The third-order valence-electron chi connectivity index (χ3n) is 3.42. The number of amides is 1. The number of ether oxygens (including phenoxy) is 1. The Morgan fingerprint density at radius 3 is 2.70 bits per heavy atom. The van der Waals surface area contributed by atoms with E-state index in [1.807, 2.05) is 0 Å². The Balaban J connectivity index is 1.75. The van der Waals surface area contributed by atoms with Gasteiger partial charge in [-0.1, -0.05) is 24.3 Å². The van der Waals surface area contributed by atoms with Crippen molar-refractivity contribution in [3.05, 3.63) is 54.1 Å². The molecule has 0 spiro atoms. The van der Waals surface area contributed by atoms with E-state index < -0.39 is 10.0 Å². The van der Waals surface area contributed by atoms with Crippen LogP contribution >= 0.6 is 0 Å². The molecule has 0 aliphatic carbocycles. The Bertz CT molecular complexity index is 819. The van der Waals surface area contributed by atoms with Gasteiger partial charge in [0.25, 0.3) is 0 Å². The minimum Gasteiger partial charge on any atom is -0.491 e. The Kier molecular flexibility index (Phi) is 4.31. The number of sulfonamides is 1. The predicted octanol–water partition coefficient (Wildman–Crippen LogP) is 1.89. The molecule has 2 N–H and O–H groups in total. The molecule has 6 nitrogen and oxygen atoms in total. The topological polar surface area (TPSA) is 84.5 Å². The van der Waals surface area contributed by atoms with Crippen LogP contribution in [-0.2, 0) is 21.4 Å². The van der Waals surface area contributed by atoms with Crippen molar-refractivity contribution >= 4 is 21.6 Å². The molecule has 0 atom stereocenters. The standard InChI is InChI=1S/C16H16N2O4S/c19-16-8-9-22-15-7-6-12(10-14(15)18-16)11-17-23(20,21)13-4-2-1-3-5-13/h1-7,10,17H,8-9,11H2,(H,18,19). The molecule has 0 fully saturated rings.